The molecule has 4 nitrogen and oxygen atoms in total. The second-order valence-electron chi connectivity index (χ2n) is 4.79. The molecule has 1 aromatic heterocycles. The number of nitrogens with zero attached hydrogens (tertiary/aromatic N) is 1. The SMILES string of the molecule is CNC(=O)C1(C)CCN(C(=O)c2cc(S)cs2)C1. The van der Waals surface area contributed by atoms with Crippen LogP contribution in [0.5, 0.6) is 0 Å². The maximum Gasteiger partial charge on any atom is 0.263 e. The lowest BCUT2D eigenvalue weighted by molar-refractivity contribution is -0.128. The summed E-state index contributed by atoms with van der Waals surface area (Å²) in [5, 5.41) is 4.50. The summed E-state index contributed by atoms with van der Waals surface area (Å²) >= 11 is 5.59. The Kier molecular flexibility index (Phi) is 3.68. The average Bonchev–Trinajstić information content (AvgIpc) is 2.95. The highest BCUT2D eigenvalue weighted by molar-refractivity contribution is 7.80. The van der Waals surface area contributed by atoms with Gasteiger partial charge in [-0.3, -0.25) is 9.59 Å². The van der Waals surface area contributed by atoms with Crippen LogP contribution in [0.15, 0.2) is 16.3 Å². The van der Waals surface area contributed by atoms with Gasteiger partial charge in [0.2, 0.25) is 5.91 Å². The summed E-state index contributed by atoms with van der Waals surface area (Å²) in [5.41, 5.74) is -0.467. The maximum atomic E-state index is 12.2. The molecule has 2 heterocycles. The zero-order valence-electron chi connectivity index (χ0n) is 10.4. The fourth-order valence-electron chi connectivity index (χ4n) is 2.22. The largest absolute Gasteiger partial charge is 0.359 e. The van der Waals surface area contributed by atoms with Gasteiger partial charge < -0.3 is 10.2 Å². The molecule has 0 radical (unpaired) electrons. The third-order valence-corrected chi connectivity index (χ3v) is 4.68. The second kappa shape index (κ2) is 4.93. The highest BCUT2D eigenvalue weighted by Gasteiger charge is 2.41. The van der Waals surface area contributed by atoms with E-state index in [2.05, 4.69) is 17.9 Å². The molecule has 6 heteroatoms. The van der Waals surface area contributed by atoms with Gasteiger partial charge in [-0.15, -0.1) is 24.0 Å². The number of rotatable bonds is 2. The third kappa shape index (κ3) is 2.40. The summed E-state index contributed by atoms with van der Waals surface area (Å²) in [6.45, 7) is 3.01. The fourth-order valence-corrected chi connectivity index (χ4v) is 3.33. The lowest BCUT2D eigenvalue weighted by Crippen LogP contribution is -2.40. The summed E-state index contributed by atoms with van der Waals surface area (Å²) in [5.74, 6) is -0.00760. The molecule has 1 saturated heterocycles. The molecule has 0 aliphatic carbocycles. The molecule has 1 atom stereocenters. The highest BCUT2D eigenvalue weighted by Crippen LogP contribution is 2.32. The molecule has 1 aliphatic rings. The van der Waals surface area contributed by atoms with Crippen LogP contribution >= 0.6 is 24.0 Å². The molecule has 0 spiro atoms. The first-order valence-corrected chi connectivity index (χ1v) is 7.08. The van der Waals surface area contributed by atoms with Crippen LogP contribution in [-0.4, -0.2) is 36.9 Å². The maximum absolute atomic E-state index is 12.2. The minimum Gasteiger partial charge on any atom is -0.359 e. The standard InChI is InChI=1S/C12H16N2O2S2/c1-12(11(16)13-2)3-4-14(7-12)10(15)9-5-8(17)6-18-9/h5-6,17H,3-4,7H2,1-2H3,(H,13,16). The highest BCUT2D eigenvalue weighted by atomic mass is 32.1. The van der Waals surface area contributed by atoms with Gasteiger partial charge in [0.1, 0.15) is 0 Å². The van der Waals surface area contributed by atoms with Crippen molar-refractivity contribution in [3.63, 3.8) is 0 Å². The van der Waals surface area contributed by atoms with Gasteiger partial charge in [0, 0.05) is 30.4 Å². The summed E-state index contributed by atoms with van der Waals surface area (Å²) in [7, 11) is 1.63. The van der Waals surface area contributed by atoms with Gasteiger partial charge in [-0.25, -0.2) is 0 Å². The molecule has 2 amide bonds. The number of thiophene rings is 1. The van der Waals surface area contributed by atoms with E-state index in [0.29, 0.717) is 24.4 Å². The molecular formula is C12H16N2O2S2. The van der Waals surface area contributed by atoms with Crippen molar-refractivity contribution in [3.8, 4) is 0 Å². The van der Waals surface area contributed by atoms with Crippen molar-refractivity contribution in [2.75, 3.05) is 20.1 Å². The molecule has 1 unspecified atom stereocenters. The van der Waals surface area contributed by atoms with E-state index >= 15 is 0 Å². The first-order chi connectivity index (χ1) is 8.46. The van der Waals surface area contributed by atoms with Gasteiger partial charge in [-0.2, -0.15) is 0 Å². The van der Waals surface area contributed by atoms with E-state index in [4.69, 9.17) is 0 Å². The van der Waals surface area contributed by atoms with Crippen molar-refractivity contribution in [2.45, 2.75) is 18.2 Å². The van der Waals surface area contributed by atoms with Gasteiger partial charge in [0.15, 0.2) is 0 Å². The predicted molar refractivity (Wildman–Crippen MR) is 74.3 cm³/mol. The zero-order chi connectivity index (χ0) is 13.3. The van der Waals surface area contributed by atoms with Crippen LogP contribution in [0.4, 0.5) is 0 Å². The second-order valence-corrected chi connectivity index (χ2v) is 6.21. The predicted octanol–water partition coefficient (Wildman–Crippen LogP) is 1.63. The Labute approximate surface area is 116 Å². The van der Waals surface area contributed by atoms with Gasteiger partial charge in [0.05, 0.1) is 10.3 Å². The number of nitrogens with one attached hydrogen (secondary N) is 1. The number of amides is 2. The number of thiol groups is 1. The molecule has 1 fully saturated rings. The Morgan fingerprint density at radius 3 is 2.83 bits per heavy atom. The molecule has 1 N–H and O–H groups in total. The van der Waals surface area contributed by atoms with Crippen LogP contribution in [-0.2, 0) is 4.79 Å². The lowest BCUT2D eigenvalue weighted by atomic mass is 9.89. The van der Waals surface area contributed by atoms with E-state index < -0.39 is 5.41 Å². The topological polar surface area (TPSA) is 49.4 Å². The average molecular weight is 284 g/mol. The Morgan fingerprint density at radius 1 is 1.56 bits per heavy atom. The van der Waals surface area contributed by atoms with Crippen LogP contribution < -0.4 is 5.32 Å². The first-order valence-electron chi connectivity index (χ1n) is 5.75. The van der Waals surface area contributed by atoms with Crippen LogP contribution in [0.1, 0.15) is 23.0 Å². The number of hydrogen-bond donors (Lipinski definition) is 2. The van der Waals surface area contributed by atoms with Crippen LogP contribution in [0.2, 0.25) is 0 Å². The zero-order valence-corrected chi connectivity index (χ0v) is 12.1. The van der Waals surface area contributed by atoms with E-state index in [9.17, 15) is 9.59 Å². The van der Waals surface area contributed by atoms with Gasteiger partial charge in [-0.1, -0.05) is 0 Å². The monoisotopic (exact) mass is 284 g/mol. The van der Waals surface area contributed by atoms with Gasteiger partial charge in [0.25, 0.3) is 5.91 Å². The Bertz CT molecular complexity index is 486. The quantitative estimate of drug-likeness (QED) is 0.811. The van der Waals surface area contributed by atoms with Crippen LogP contribution in [0.25, 0.3) is 0 Å². The molecule has 0 bridgehead atoms. The van der Waals surface area contributed by atoms with Crippen molar-refractivity contribution in [1.82, 2.24) is 10.2 Å². The van der Waals surface area contributed by atoms with Crippen molar-refractivity contribution in [3.05, 3.63) is 16.3 Å². The van der Waals surface area contributed by atoms with E-state index in [1.165, 1.54) is 11.3 Å². The molecule has 0 saturated carbocycles. The first kappa shape index (κ1) is 13.4. The third-order valence-electron chi connectivity index (χ3n) is 3.33. The molecule has 1 aliphatic heterocycles. The Morgan fingerprint density at radius 2 is 2.28 bits per heavy atom. The smallest absolute Gasteiger partial charge is 0.263 e. The van der Waals surface area contributed by atoms with E-state index in [1.807, 2.05) is 12.3 Å². The Balaban J connectivity index is 2.09. The summed E-state index contributed by atoms with van der Waals surface area (Å²) in [6, 6.07) is 1.77. The normalized spacial score (nSPS) is 23.2. The number of carbonyl (C=O) groups excluding carboxylic acids is 2. The number of carbonyl (C=O) groups is 2. The van der Waals surface area contributed by atoms with E-state index in [1.54, 1.807) is 18.0 Å². The van der Waals surface area contributed by atoms with Crippen molar-refractivity contribution < 1.29 is 9.59 Å². The Hall–Kier alpha value is -1.01. The molecular weight excluding hydrogens is 268 g/mol. The minimum absolute atomic E-state index is 0.00105. The molecule has 2 rings (SSSR count). The number of likely N-dealkylation sites (tertiary alicyclic amines) is 1. The number of hydrogen-bond acceptors (Lipinski definition) is 4. The van der Waals surface area contributed by atoms with Crippen LogP contribution in [0.3, 0.4) is 0 Å². The van der Waals surface area contributed by atoms with Crippen molar-refractivity contribution in [2.24, 2.45) is 5.41 Å². The molecule has 0 aromatic carbocycles. The van der Waals surface area contributed by atoms with Crippen molar-refractivity contribution >= 4 is 35.8 Å². The molecule has 98 valence electrons. The summed E-state index contributed by atoms with van der Waals surface area (Å²) in [6.07, 6.45) is 0.706. The minimum atomic E-state index is -0.467. The summed E-state index contributed by atoms with van der Waals surface area (Å²) in [4.78, 5) is 27.2. The summed E-state index contributed by atoms with van der Waals surface area (Å²) < 4.78 is 0. The molecule has 1 aromatic rings. The van der Waals surface area contributed by atoms with E-state index in [0.717, 1.165) is 4.90 Å². The van der Waals surface area contributed by atoms with Crippen LogP contribution in [0, 0.1) is 5.41 Å². The lowest BCUT2D eigenvalue weighted by Gasteiger charge is -2.22. The van der Waals surface area contributed by atoms with Gasteiger partial charge in [-0.05, 0) is 19.4 Å². The van der Waals surface area contributed by atoms with Gasteiger partial charge >= 0.3 is 0 Å². The fraction of sp³-hybridized carbons (Fsp3) is 0.500. The molecule has 18 heavy (non-hydrogen) atoms. The van der Waals surface area contributed by atoms with E-state index in [-0.39, 0.29) is 11.8 Å². The van der Waals surface area contributed by atoms with Crippen molar-refractivity contribution in [1.29, 1.82) is 0 Å².